The van der Waals surface area contributed by atoms with E-state index in [1.807, 2.05) is 67.6 Å². The van der Waals surface area contributed by atoms with Gasteiger partial charge in [0, 0.05) is 5.56 Å². The van der Waals surface area contributed by atoms with E-state index in [4.69, 9.17) is 4.74 Å². The largest absolute Gasteiger partial charge is 0.494 e. The third-order valence-corrected chi connectivity index (χ3v) is 6.44. The highest BCUT2D eigenvalue weighted by Gasteiger charge is 2.13. The van der Waals surface area contributed by atoms with Crippen molar-refractivity contribution in [2.45, 2.75) is 12.1 Å². The summed E-state index contributed by atoms with van der Waals surface area (Å²) in [6.45, 7) is 2.57. The second-order valence-electron chi connectivity index (χ2n) is 6.75. The normalized spacial score (nSPS) is 11.2. The molecule has 1 N–H and O–H groups in total. The third kappa shape index (κ3) is 4.27. The highest BCUT2D eigenvalue weighted by atomic mass is 32.2. The molecule has 0 aliphatic rings. The number of amides is 1. The first kappa shape index (κ1) is 20.4. The highest BCUT2D eigenvalue weighted by Crippen LogP contribution is 2.26. The number of para-hydroxylation sites is 1. The van der Waals surface area contributed by atoms with Crippen LogP contribution in [0.2, 0.25) is 0 Å². The zero-order valence-corrected chi connectivity index (χ0v) is 18.7. The molecule has 0 saturated carbocycles. The molecule has 10 heteroatoms. The van der Waals surface area contributed by atoms with E-state index in [0.717, 1.165) is 27.2 Å². The minimum Gasteiger partial charge on any atom is -0.494 e. The molecule has 8 nitrogen and oxygen atoms in total. The molecule has 0 saturated heterocycles. The minimum absolute atomic E-state index is 0.159. The van der Waals surface area contributed by atoms with Crippen molar-refractivity contribution in [2.75, 3.05) is 17.7 Å². The van der Waals surface area contributed by atoms with Gasteiger partial charge >= 0.3 is 0 Å². The molecule has 2 aromatic carbocycles. The lowest BCUT2D eigenvalue weighted by Crippen LogP contribution is -2.14. The number of aromatic nitrogens is 5. The summed E-state index contributed by atoms with van der Waals surface area (Å²) >= 11 is 2.72. The van der Waals surface area contributed by atoms with Gasteiger partial charge in [0.15, 0.2) is 10.8 Å². The van der Waals surface area contributed by atoms with Gasteiger partial charge in [0.1, 0.15) is 5.75 Å². The molecular formula is C22H18N6O2S2. The minimum atomic E-state index is -0.159. The van der Waals surface area contributed by atoms with E-state index >= 15 is 0 Å². The van der Waals surface area contributed by atoms with Gasteiger partial charge in [0.2, 0.25) is 11.1 Å². The van der Waals surface area contributed by atoms with E-state index < -0.39 is 0 Å². The molecule has 0 aliphatic heterocycles. The summed E-state index contributed by atoms with van der Waals surface area (Å²) in [6.07, 6.45) is 0. The Labute approximate surface area is 191 Å². The summed E-state index contributed by atoms with van der Waals surface area (Å²) < 4.78 is 8.18. The molecule has 0 aliphatic carbocycles. The summed E-state index contributed by atoms with van der Waals surface area (Å²) in [7, 11) is 0. The van der Waals surface area contributed by atoms with Crippen LogP contribution in [0.5, 0.6) is 5.75 Å². The SMILES string of the molecule is CCOc1ccc(-c2ccc3nnc(SCC(=O)Nc4nc5ccccc5s4)n3n2)cc1. The van der Waals surface area contributed by atoms with Crippen LogP contribution in [-0.4, -0.2) is 43.1 Å². The second kappa shape index (κ2) is 8.93. The van der Waals surface area contributed by atoms with Crippen LogP contribution in [0, 0.1) is 0 Å². The van der Waals surface area contributed by atoms with Crippen molar-refractivity contribution < 1.29 is 9.53 Å². The number of carbonyl (C=O) groups excluding carboxylic acids is 1. The average Bonchev–Trinajstić information content (AvgIpc) is 3.41. The van der Waals surface area contributed by atoms with E-state index in [1.54, 1.807) is 4.52 Å². The number of anilines is 1. The number of ether oxygens (including phenoxy) is 1. The molecule has 0 atom stereocenters. The molecule has 3 heterocycles. The Balaban J connectivity index is 1.29. The van der Waals surface area contributed by atoms with E-state index in [0.29, 0.717) is 22.5 Å². The maximum atomic E-state index is 12.4. The summed E-state index contributed by atoms with van der Waals surface area (Å²) in [5, 5.41) is 17.0. The zero-order valence-electron chi connectivity index (χ0n) is 17.1. The molecule has 5 rings (SSSR count). The summed E-state index contributed by atoms with van der Waals surface area (Å²) in [5.74, 6) is 0.830. The maximum absolute atomic E-state index is 12.4. The van der Waals surface area contributed by atoms with Crippen LogP contribution in [0.1, 0.15) is 6.92 Å². The number of thiazole rings is 1. The van der Waals surface area contributed by atoms with Crippen LogP contribution >= 0.6 is 23.1 Å². The van der Waals surface area contributed by atoms with E-state index in [2.05, 4.69) is 25.6 Å². The van der Waals surface area contributed by atoms with Crippen molar-refractivity contribution in [3.63, 3.8) is 0 Å². The molecule has 0 radical (unpaired) electrons. The van der Waals surface area contributed by atoms with Crippen molar-refractivity contribution in [1.82, 2.24) is 24.8 Å². The Morgan fingerprint density at radius 2 is 1.94 bits per heavy atom. The van der Waals surface area contributed by atoms with Crippen LogP contribution in [0.25, 0.3) is 27.1 Å². The number of carbonyl (C=O) groups is 1. The fourth-order valence-electron chi connectivity index (χ4n) is 3.11. The number of rotatable bonds is 7. The fourth-order valence-corrected chi connectivity index (χ4v) is 4.68. The second-order valence-corrected chi connectivity index (χ2v) is 8.73. The molecule has 0 unspecified atom stereocenters. The average molecular weight is 463 g/mol. The van der Waals surface area contributed by atoms with Crippen LogP contribution in [0.4, 0.5) is 5.13 Å². The lowest BCUT2D eigenvalue weighted by molar-refractivity contribution is -0.113. The van der Waals surface area contributed by atoms with Gasteiger partial charge in [-0.2, -0.15) is 9.61 Å². The molecule has 32 heavy (non-hydrogen) atoms. The van der Waals surface area contributed by atoms with Crippen molar-refractivity contribution in [2.24, 2.45) is 0 Å². The van der Waals surface area contributed by atoms with E-state index in [9.17, 15) is 4.79 Å². The number of benzene rings is 2. The van der Waals surface area contributed by atoms with Gasteiger partial charge in [-0.1, -0.05) is 35.2 Å². The molecule has 160 valence electrons. The number of nitrogens with zero attached hydrogens (tertiary/aromatic N) is 5. The predicted octanol–water partition coefficient (Wildman–Crippen LogP) is 4.53. The predicted molar refractivity (Wildman–Crippen MR) is 126 cm³/mol. The summed E-state index contributed by atoms with van der Waals surface area (Å²) in [6, 6.07) is 19.3. The number of hydrogen-bond acceptors (Lipinski definition) is 8. The quantitative estimate of drug-likeness (QED) is 0.355. The Hall–Kier alpha value is -3.50. The third-order valence-electron chi connectivity index (χ3n) is 4.57. The summed E-state index contributed by atoms with van der Waals surface area (Å²) in [5.41, 5.74) is 3.22. The Morgan fingerprint density at radius 3 is 2.75 bits per heavy atom. The van der Waals surface area contributed by atoms with Crippen molar-refractivity contribution >= 4 is 50.0 Å². The van der Waals surface area contributed by atoms with Gasteiger partial charge in [-0.3, -0.25) is 4.79 Å². The van der Waals surface area contributed by atoms with E-state index in [-0.39, 0.29) is 11.7 Å². The first-order valence-corrected chi connectivity index (χ1v) is 11.7. The molecule has 0 spiro atoms. The van der Waals surface area contributed by atoms with Gasteiger partial charge in [0.05, 0.1) is 28.3 Å². The first-order valence-electron chi connectivity index (χ1n) is 9.93. The summed E-state index contributed by atoms with van der Waals surface area (Å²) in [4.78, 5) is 16.9. The lowest BCUT2D eigenvalue weighted by Gasteiger charge is -2.05. The van der Waals surface area contributed by atoms with Gasteiger partial charge < -0.3 is 10.1 Å². The number of nitrogens with one attached hydrogen (secondary N) is 1. The van der Waals surface area contributed by atoms with Gasteiger partial charge in [0.25, 0.3) is 0 Å². The number of fused-ring (bicyclic) bond motifs is 2. The van der Waals surface area contributed by atoms with Crippen molar-refractivity contribution in [1.29, 1.82) is 0 Å². The topological polar surface area (TPSA) is 94.3 Å². The lowest BCUT2D eigenvalue weighted by atomic mass is 10.1. The fraction of sp³-hybridized carbons (Fsp3) is 0.136. The molecule has 1 amide bonds. The molecule has 0 bridgehead atoms. The monoisotopic (exact) mass is 462 g/mol. The van der Waals surface area contributed by atoms with Crippen LogP contribution in [0.3, 0.4) is 0 Å². The molecule has 3 aromatic heterocycles. The van der Waals surface area contributed by atoms with Gasteiger partial charge in [-0.05, 0) is 55.5 Å². The number of thioether (sulfide) groups is 1. The molecular weight excluding hydrogens is 444 g/mol. The standard InChI is InChI=1S/C22H18N6O2S2/c1-2-30-15-9-7-14(8-10-15)16-11-12-19-25-26-22(28(19)27-16)31-13-20(29)24-21-23-17-5-3-4-6-18(17)32-21/h3-12H,2,13H2,1H3,(H,23,24,29). The van der Waals surface area contributed by atoms with Crippen LogP contribution in [0.15, 0.2) is 65.8 Å². The van der Waals surface area contributed by atoms with Crippen molar-refractivity contribution in [3.05, 3.63) is 60.7 Å². The van der Waals surface area contributed by atoms with Gasteiger partial charge in [-0.15, -0.1) is 10.2 Å². The first-order chi connectivity index (χ1) is 15.7. The zero-order chi connectivity index (χ0) is 21.9. The van der Waals surface area contributed by atoms with E-state index in [1.165, 1.54) is 23.1 Å². The highest BCUT2D eigenvalue weighted by molar-refractivity contribution is 7.99. The Morgan fingerprint density at radius 1 is 1.09 bits per heavy atom. The Bertz CT molecular complexity index is 1360. The molecule has 5 aromatic rings. The number of hydrogen-bond donors (Lipinski definition) is 1. The van der Waals surface area contributed by atoms with Gasteiger partial charge in [-0.25, -0.2) is 4.98 Å². The smallest absolute Gasteiger partial charge is 0.236 e. The van der Waals surface area contributed by atoms with Crippen LogP contribution < -0.4 is 10.1 Å². The van der Waals surface area contributed by atoms with Crippen LogP contribution in [-0.2, 0) is 4.79 Å². The van der Waals surface area contributed by atoms with Crippen molar-refractivity contribution in [3.8, 4) is 17.0 Å². The Kier molecular flexibility index (Phi) is 5.70. The maximum Gasteiger partial charge on any atom is 0.236 e. The molecule has 0 fully saturated rings.